The molecule has 0 aliphatic rings. The number of rotatable bonds is 4. The largest absolute Gasteiger partial charge is 0.496 e. The molecule has 1 aromatic rings. The summed E-state index contributed by atoms with van der Waals surface area (Å²) in [6, 6.07) is 3.17. The number of benzene rings is 1. The van der Waals surface area contributed by atoms with Crippen LogP contribution in [0.15, 0.2) is 23.1 Å². The zero-order valence-electron chi connectivity index (χ0n) is 8.31. The third kappa shape index (κ3) is 2.93. The molecule has 0 heterocycles. The van der Waals surface area contributed by atoms with Crippen molar-refractivity contribution in [3.8, 4) is 5.75 Å². The molecule has 1 N–H and O–H groups in total. The molecule has 1 aromatic carbocycles. The topological polar surface area (TPSA) is 80.7 Å². The predicted molar refractivity (Wildman–Crippen MR) is 52.6 cm³/mol. The summed E-state index contributed by atoms with van der Waals surface area (Å²) in [7, 11) is -3.52. The van der Waals surface area contributed by atoms with Crippen LogP contribution in [-0.4, -0.2) is 26.6 Å². The maximum atomic E-state index is 12.7. The second-order valence-electron chi connectivity index (χ2n) is 2.98. The van der Waals surface area contributed by atoms with E-state index < -0.39 is 27.5 Å². The standard InChI is InChI=1S/C9H9FO5S/c1-15-8-3-2-7(16(10,13)14)4-6(8)5-9(11)12/h2-4H,5H2,1H3,(H,11,12). The Morgan fingerprint density at radius 2 is 2.12 bits per heavy atom. The molecule has 5 nitrogen and oxygen atoms in total. The van der Waals surface area contributed by atoms with Gasteiger partial charge >= 0.3 is 16.2 Å². The van der Waals surface area contributed by atoms with Gasteiger partial charge in [-0.25, -0.2) is 0 Å². The van der Waals surface area contributed by atoms with E-state index >= 15 is 0 Å². The van der Waals surface area contributed by atoms with Gasteiger partial charge in [0.25, 0.3) is 0 Å². The molecule has 0 saturated heterocycles. The number of carbonyl (C=O) groups is 1. The van der Waals surface area contributed by atoms with E-state index in [0.717, 1.165) is 12.1 Å². The zero-order chi connectivity index (χ0) is 12.3. The molecule has 0 aliphatic heterocycles. The van der Waals surface area contributed by atoms with E-state index in [-0.39, 0.29) is 11.3 Å². The summed E-state index contributed by atoms with van der Waals surface area (Å²) in [6.45, 7) is 0. The Kier molecular flexibility index (Phi) is 3.48. The minimum atomic E-state index is -4.83. The van der Waals surface area contributed by atoms with Crippen LogP contribution in [0, 0.1) is 0 Å². The summed E-state index contributed by atoms with van der Waals surface area (Å²) in [5.74, 6) is -0.957. The zero-order valence-corrected chi connectivity index (χ0v) is 9.12. The molecule has 0 aliphatic carbocycles. The maximum absolute atomic E-state index is 12.7. The van der Waals surface area contributed by atoms with E-state index in [9.17, 15) is 17.1 Å². The van der Waals surface area contributed by atoms with E-state index in [1.165, 1.54) is 13.2 Å². The summed E-state index contributed by atoms with van der Waals surface area (Å²) in [5, 5.41) is 8.58. The molecule has 0 unspecified atom stereocenters. The number of hydrogen-bond acceptors (Lipinski definition) is 4. The number of carboxylic acid groups (broad SMARTS) is 1. The molecule has 7 heteroatoms. The fraction of sp³-hybridized carbons (Fsp3) is 0.222. The molecule has 0 radical (unpaired) electrons. The number of aliphatic carboxylic acids is 1. The molecular weight excluding hydrogens is 239 g/mol. The Labute approximate surface area is 91.7 Å². The molecule has 88 valence electrons. The predicted octanol–water partition coefficient (Wildman–Crippen LogP) is 0.980. The Morgan fingerprint density at radius 3 is 2.56 bits per heavy atom. The average Bonchev–Trinajstić information content (AvgIpc) is 2.15. The van der Waals surface area contributed by atoms with Crippen LogP contribution in [0.5, 0.6) is 5.75 Å². The SMILES string of the molecule is COc1ccc(S(=O)(=O)F)cc1CC(=O)O. The monoisotopic (exact) mass is 248 g/mol. The van der Waals surface area contributed by atoms with Crippen molar-refractivity contribution in [2.24, 2.45) is 0 Å². The molecule has 0 bridgehead atoms. The number of methoxy groups -OCH3 is 1. The van der Waals surface area contributed by atoms with E-state index in [2.05, 4.69) is 0 Å². The van der Waals surface area contributed by atoms with Gasteiger partial charge in [-0.1, -0.05) is 0 Å². The highest BCUT2D eigenvalue weighted by molar-refractivity contribution is 7.86. The first kappa shape index (κ1) is 12.4. The van der Waals surface area contributed by atoms with Gasteiger partial charge in [0.15, 0.2) is 0 Å². The fourth-order valence-corrected chi connectivity index (χ4v) is 1.72. The smallest absolute Gasteiger partial charge is 0.332 e. The van der Waals surface area contributed by atoms with Crippen molar-refractivity contribution in [1.29, 1.82) is 0 Å². The van der Waals surface area contributed by atoms with Crippen molar-refractivity contribution in [2.45, 2.75) is 11.3 Å². The van der Waals surface area contributed by atoms with Gasteiger partial charge in [0.2, 0.25) is 0 Å². The first-order chi connectivity index (χ1) is 7.34. The van der Waals surface area contributed by atoms with Gasteiger partial charge < -0.3 is 9.84 Å². The highest BCUT2D eigenvalue weighted by Gasteiger charge is 2.16. The number of halogens is 1. The Hall–Kier alpha value is -1.63. The third-order valence-electron chi connectivity index (χ3n) is 1.88. The summed E-state index contributed by atoms with van der Waals surface area (Å²) in [5.41, 5.74) is 0.105. The van der Waals surface area contributed by atoms with Gasteiger partial charge in [0, 0.05) is 5.56 Å². The summed E-state index contributed by atoms with van der Waals surface area (Å²) in [6.07, 6.45) is -0.438. The molecule has 0 spiro atoms. The number of ether oxygens (including phenoxy) is 1. The molecule has 0 atom stereocenters. The second kappa shape index (κ2) is 4.48. The normalized spacial score (nSPS) is 11.1. The molecular formula is C9H9FO5S. The highest BCUT2D eigenvalue weighted by atomic mass is 32.3. The van der Waals surface area contributed by atoms with Gasteiger partial charge in [0.05, 0.1) is 18.4 Å². The second-order valence-corrected chi connectivity index (χ2v) is 4.33. The van der Waals surface area contributed by atoms with Crippen LogP contribution in [0.3, 0.4) is 0 Å². The number of carboxylic acids is 1. The van der Waals surface area contributed by atoms with Crippen LogP contribution in [0.4, 0.5) is 3.89 Å². The van der Waals surface area contributed by atoms with Gasteiger partial charge in [-0.3, -0.25) is 4.79 Å². The third-order valence-corrected chi connectivity index (χ3v) is 2.69. The van der Waals surface area contributed by atoms with Crippen LogP contribution in [0.1, 0.15) is 5.56 Å². The van der Waals surface area contributed by atoms with Crippen molar-refractivity contribution in [2.75, 3.05) is 7.11 Å². The Bertz CT molecular complexity index is 509. The van der Waals surface area contributed by atoms with E-state index in [1.54, 1.807) is 0 Å². The molecule has 1 rings (SSSR count). The quantitative estimate of drug-likeness (QED) is 0.803. The van der Waals surface area contributed by atoms with Crippen molar-refractivity contribution in [3.63, 3.8) is 0 Å². The molecule has 16 heavy (non-hydrogen) atoms. The summed E-state index contributed by atoms with van der Waals surface area (Å²) in [4.78, 5) is 9.92. The van der Waals surface area contributed by atoms with E-state index in [4.69, 9.17) is 9.84 Å². The van der Waals surface area contributed by atoms with Crippen LogP contribution >= 0.6 is 0 Å². The van der Waals surface area contributed by atoms with Crippen LogP contribution in [0.25, 0.3) is 0 Å². The first-order valence-electron chi connectivity index (χ1n) is 4.18. The average molecular weight is 248 g/mol. The molecule has 0 amide bonds. The molecule has 0 saturated carbocycles. The van der Waals surface area contributed by atoms with Crippen molar-refractivity contribution >= 4 is 16.2 Å². The lowest BCUT2D eigenvalue weighted by Crippen LogP contribution is -2.04. The lowest BCUT2D eigenvalue weighted by Gasteiger charge is -2.07. The maximum Gasteiger partial charge on any atom is 0.332 e. The Morgan fingerprint density at radius 1 is 1.50 bits per heavy atom. The Balaban J connectivity index is 3.27. The van der Waals surface area contributed by atoms with Gasteiger partial charge in [-0.05, 0) is 18.2 Å². The summed E-state index contributed by atoms with van der Waals surface area (Å²) < 4.78 is 38.7. The van der Waals surface area contributed by atoms with Gasteiger partial charge in [-0.2, -0.15) is 8.42 Å². The summed E-state index contributed by atoms with van der Waals surface area (Å²) >= 11 is 0. The van der Waals surface area contributed by atoms with E-state index in [0.29, 0.717) is 0 Å². The first-order valence-corrected chi connectivity index (χ1v) is 5.56. The lowest BCUT2D eigenvalue weighted by molar-refractivity contribution is -0.136. The molecule has 0 aromatic heterocycles. The number of hydrogen-bond donors (Lipinski definition) is 1. The van der Waals surface area contributed by atoms with Crippen molar-refractivity contribution in [1.82, 2.24) is 0 Å². The minimum Gasteiger partial charge on any atom is -0.496 e. The van der Waals surface area contributed by atoms with Crippen molar-refractivity contribution in [3.05, 3.63) is 23.8 Å². The van der Waals surface area contributed by atoms with E-state index in [1.807, 2.05) is 0 Å². The fourth-order valence-electron chi connectivity index (χ4n) is 1.21. The van der Waals surface area contributed by atoms with Gasteiger partial charge in [-0.15, -0.1) is 3.89 Å². The van der Waals surface area contributed by atoms with Gasteiger partial charge in [0.1, 0.15) is 5.75 Å². The van der Waals surface area contributed by atoms with Crippen molar-refractivity contribution < 1.29 is 26.9 Å². The van der Waals surface area contributed by atoms with Crippen LogP contribution < -0.4 is 4.74 Å². The van der Waals surface area contributed by atoms with Crippen LogP contribution in [-0.2, 0) is 21.4 Å². The highest BCUT2D eigenvalue weighted by Crippen LogP contribution is 2.23. The van der Waals surface area contributed by atoms with Crippen LogP contribution in [0.2, 0.25) is 0 Å². The minimum absolute atomic E-state index is 0.105. The molecule has 0 fully saturated rings. The lowest BCUT2D eigenvalue weighted by atomic mass is 10.1.